The van der Waals surface area contributed by atoms with Crippen LogP contribution in [0.15, 0.2) is 12.1 Å². The fraction of sp³-hybridized carbons (Fsp3) is 0.500. The first-order valence-electron chi connectivity index (χ1n) is 5.87. The van der Waals surface area contributed by atoms with Crippen LogP contribution < -0.4 is 5.32 Å². The zero-order valence-electron chi connectivity index (χ0n) is 10.3. The van der Waals surface area contributed by atoms with Crippen LogP contribution in [0, 0.1) is 0 Å². The van der Waals surface area contributed by atoms with Crippen molar-refractivity contribution in [3.05, 3.63) is 27.7 Å². The monoisotopic (exact) mass is 326 g/mol. The number of benzene rings is 1. The average Bonchev–Trinajstić information content (AvgIpc) is 2.38. The van der Waals surface area contributed by atoms with E-state index in [0.717, 1.165) is 31.7 Å². The summed E-state index contributed by atoms with van der Waals surface area (Å²) in [7, 11) is 0. The molecule has 0 aliphatic carbocycles. The van der Waals surface area contributed by atoms with E-state index in [4.69, 9.17) is 23.2 Å². The SMILES string of the molecule is Cl.OC[C@@H](c1cc(Cl)c(O)c(Cl)c1)N1CCNCC1. The number of aromatic hydroxyl groups is 1. The number of nitrogens with one attached hydrogen (secondary N) is 1. The molecule has 0 spiro atoms. The van der Waals surface area contributed by atoms with Crippen LogP contribution in [0.3, 0.4) is 0 Å². The highest BCUT2D eigenvalue weighted by molar-refractivity contribution is 6.37. The lowest BCUT2D eigenvalue weighted by Crippen LogP contribution is -2.46. The first kappa shape index (κ1) is 16.8. The van der Waals surface area contributed by atoms with Crippen molar-refractivity contribution in [3.8, 4) is 5.75 Å². The lowest BCUT2D eigenvalue weighted by atomic mass is 10.0. The molecule has 0 unspecified atom stereocenters. The van der Waals surface area contributed by atoms with E-state index in [9.17, 15) is 10.2 Å². The van der Waals surface area contributed by atoms with E-state index in [1.807, 2.05) is 0 Å². The molecular formula is C12H17Cl3N2O2. The summed E-state index contributed by atoms with van der Waals surface area (Å²) in [5.74, 6) is -0.112. The van der Waals surface area contributed by atoms with Crippen molar-refractivity contribution in [2.45, 2.75) is 6.04 Å². The predicted octanol–water partition coefficient (Wildman–Crippen LogP) is 2.06. The van der Waals surface area contributed by atoms with Crippen LogP contribution in [0.1, 0.15) is 11.6 Å². The highest BCUT2D eigenvalue weighted by Gasteiger charge is 2.23. The van der Waals surface area contributed by atoms with Gasteiger partial charge in [0.1, 0.15) is 0 Å². The van der Waals surface area contributed by atoms with Crippen molar-refractivity contribution in [1.29, 1.82) is 0 Å². The molecule has 1 aromatic rings. The second-order valence-corrected chi connectivity index (χ2v) is 5.13. The summed E-state index contributed by atoms with van der Waals surface area (Å²) in [6.45, 7) is 3.52. The van der Waals surface area contributed by atoms with Crippen LogP contribution in [0.2, 0.25) is 10.0 Å². The van der Waals surface area contributed by atoms with Crippen molar-refractivity contribution in [3.63, 3.8) is 0 Å². The van der Waals surface area contributed by atoms with E-state index >= 15 is 0 Å². The van der Waals surface area contributed by atoms with Gasteiger partial charge in [-0.05, 0) is 17.7 Å². The molecular weight excluding hydrogens is 311 g/mol. The first-order chi connectivity index (χ1) is 8.63. The van der Waals surface area contributed by atoms with Gasteiger partial charge in [-0.25, -0.2) is 0 Å². The molecule has 0 amide bonds. The number of nitrogens with zero attached hydrogens (tertiary/aromatic N) is 1. The maximum Gasteiger partial charge on any atom is 0.152 e. The molecule has 1 atom stereocenters. The van der Waals surface area contributed by atoms with Crippen molar-refractivity contribution >= 4 is 35.6 Å². The van der Waals surface area contributed by atoms with Gasteiger partial charge in [-0.15, -0.1) is 12.4 Å². The number of phenols is 1. The fourth-order valence-corrected chi connectivity index (χ4v) is 2.71. The molecule has 0 radical (unpaired) electrons. The van der Waals surface area contributed by atoms with Gasteiger partial charge in [-0.2, -0.15) is 0 Å². The molecule has 108 valence electrons. The van der Waals surface area contributed by atoms with E-state index in [0.29, 0.717) is 0 Å². The Morgan fingerprint density at radius 1 is 1.21 bits per heavy atom. The molecule has 4 nitrogen and oxygen atoms in total. The minimum absolute atomic E-state index is 0. The van der Waals surface area contributed by atoms with Gasteiger partial charge < -0.3 is 15.5 Å². The number of aliphatic hydroxyl groups is 1. The normalized spacial score (nSPS) is 17.8. The Kier molecular flexibility index (Phi) is 6.66. The third-order valence-corrected chi connectivity index (χ3v) is 3.77. The van der Waals surface area contributed by atoms with Crippen LogP contribution in [-0.4, -0.2) is 47.9 Å². The molecule has 1 fully saturated rings. The number of aliphatic hydroxyl groups excluding tert-OH is 1. The van der Waals surface area contributed by atoms with E-state index in [2.05, 4.69) is 10.2 Å². The number of rotatable bonds is 3. The molecule has 7 heteroatoms. The maximum atomic E-state index is 9.57. The van der Waals surface area contributed by atoms with Gasteiger partial charge >= 0.3 is 0 Å². The zero-order chi connectivity index (χ0) is 13.1. The largest absolute Gasteiger partial charge is 0.505 e. The highest BCUT2D eigenvalue weighted by Crippen LogP contribution is 2.35. The van der Waals surface area contributed by atoms with Crippen LogP contribution in [0.25, 0.3) is 0 Å². The number of piperazine rings is 1. The number of hydrogen-bond donors (Lipinski definition) is 3. The molecule has 0 aromatic heterocycles. The Morgan fingerprint density at radius 3 is 2.21 bits per heavy atom. The molecule has 1 saturated heterocycles. The molecule has 0 bridgehead atoms. The quantitative estimate of drug-likeness (QED) is 0.795. The van der Waals surface area contributed by atoms with E-state index in [1.54, 1.807) is 12.1 Å². The van der Waals surface area contributed by atoms with Gasteiger partial charge in [0.15, 0.2) is 5.75 Å². The average molecular weight is 328 g/mol. The van der Waals surface area contributed by atoms with Gasteiger partial charge in [0.2, 0.25) is 0 Å². The molecule has 3 N–H and O–H groups in total. The van der Waals surface area contributed by atoms with Crippen molar-refractivity contribution in [2.75, 3.05) is 32.8 Å². The standard InChI is InChI=1S/C12H16Cl2N2O2.ClH/c13-9-5-8(6-10(14)12(9)18)11(7-17)16-3-1-15-2-4-16;/h5-6,11,15,17-18H,1-4,7H2;1H/t11-;/m0./s1. The molecule has 2 rings (SSSR count). The Bertz CT molecular complexity index is 402. The second-order valence-electron chi connectivity index (χ2n) is 4.32. The maximum absolute atomic E-state index is 9.57. The van der Waals surface area contributed by atoms with Gasteiger partial charge in [-0.1, -0.05) is 23.2 Å². The van der Waals surface area contributed by atoms with Gasteiger partial charge in [0.25, 0.3) is 0 Å². The summed E-state index contributed by atoms with van der Waals surface area (Å²) in [4.78, 5) is 2.18. The predicted molar refractivity (Wildman–Crippen MR) is 79.6 cm³/mol. The molecule has 1 heterocycles. The third kappa shape index (κ3) is 3.88. The molecule has 0 saturated carbocycles. The topological polar surface area (TPSA) is 55.7 Å². The summed E-state index contributed by atoms with van der Waals surface area (Å²) >= 11 is 11.8. The molecule has 1 aromatic carbocycles. The van der Waals surface area contributed by atoms with Gasteiger partial charge in [0.05, 0.1) is 22.7 Å². The van der Waals surface area contributed by atoms with Crippen LogP contribution >= 0.6 is 35.6 Å². The van der Waals surface area contributed by atoms with Crippen LogP contribution in [0.5, 0.6) is 5.75 Å². The Hall–Kier alpha value is -0.230. The first-order valence-corrected chi connectivity index (χ1v) is 6.62. The van der Waals surface area contributed by atoms with Crippen molar-refractivity contribution in [2.24, 2.45) is 0 Å². The van der Waals surface area contributed by atoms with E-state index in [-0.39, 0.29) is 40.9 Å². The lowest BCUT2D eigenvalue weighted by Gasteiger charge is -2.34. The fourth-order valence-electron chi connectivity index (χ4n) is 2.20. The summed E-state index contributed by atoms with van der Waals surface area (Å²) in [5.41, 5.74) is 0.826. The number of hydrogen-bond acceptors (Lipinski definition) is 4. The summed E-state index contributed by atoms with van der Waals surface area (Å²) < 4.78 is 0. The van der Waals surface area contributed by atoms with E-state index in [1.165, 1.54) is 0 Å². The van der Waals surface area contributed by atoms with Crippen molar-refractivity contribution < 1.29 is 10.2 Å². The molecule has 1 aliphatic heterocycles. The lowest BCUT2D eigenvalue weighted by molar-refractivity contribution is 0.111. The summed E-state index contributed by atoms with van der Waals surface area (Å²) in [6.07, 6.45) is 0. The van der Waals surface area contributed by atoms with Crippen LogP contribution in [-0.2, 0) is 0 Å². The number of phenolic OH excluding ortho intramolecular Hbond substituents is 1. The van der Waals surface area contributed by atoms with Gasteiger partial charge in [-0.3, -0.25) is 4.90 Å². The minimum atomic E-state index is -0.136. The Morgan fingerprint density at radius 2 is 1.74 bits per heavy atom. The molecule has 19 heavy (non-hydrogen) atoms. The minimum Gasteiger partial charge on any atom is -0.505 e. The van der Waals surface area contributed by atoms with Crippen molar-refractivity contribution in [1.82, 2.24) is 10.2 Å². The second kappa shape index (κ2) is 7.53. The third-order valence-electron chi connectivity index (χ3n) is 3.19. The Labute approximate surface area is 128 Å². The van der Waals surface area contributed by atoms with Crippen LogP contribution in [0.4, 0.5) is 0 Å². The van der Waals surface area contributed by atoms with Gasteiger partial charge in [0, 0.05) is 26.2 Å². The Balaban J connectivity index is 0.00000180. The molecule has 1 aliphatic rings. The number of halogens is 3. The highest BCUT2D eigenvalue weighted by atomic mass is 35.5. The zero-order valence-corrected chi connectivity index (χ0v) is 12.6. The van der Waals surface area contributed by atoms with E-state index < -0.39 is 0 Å². The summed E-state index contributed by atoms with van der Waals surface area (Å²) in [5, 5.41) is 22.8. The smallest absolute Gasteiger partial charge is 0.152 e. The summed E-state index contributed by atoms with van der Waals surface area (Å²) in [6, 6.07) is 3.18.